The number of hydrogen-bond acceptors (Lipinski definition) is 3. The Morgan fingerprint density at radius 3 is 2.25 bits per heavy atom. The molecule has 0 bridgehead atoms. The van der Waals surface area contributed by atoms with Crippen LogP contribution in [0.3, 0.4) is 0 Å². The van der Waals surface area contributed by atoms with E-state index in [9.17, 15) is 22.4 Å². The van der Waals surface area contributed by atoms with Crippen LogP contribution in [0.4, 0.5) is 17.6 Å². The van der Waals surface area contributed by atoms with Crippen LogP contribution in [-0.2, 0) is 6.18 Å². The van der Waals surface area contributed by atoms with Gasteiger partial charge in [0.05, 0.1) is 16.8 Å². The van der Waals surface area contributed by atoms with E-state index in [2.05, 4.69) is 10.2 Å². The fraction of sp³-hybridized carbons (Fsp3) is 0.0625. The van der Waals surface area contributed by atoms with Crippen LogP contribution >= 0.6 is 0 Å². The molecule has 4 nitrogen and oxygen atoms in total. The Morgan fingerprint density at radius 2 is 1.62 bits per heavy atom. The molecule has 2 aromatic carbocycles. The lowest BCUT2D eigenvalue weighted by Gasteiger charge is -2.13. The van der Waals surface area contributed by atoms with E-state index in [1.807, 2.05) is 0 Å². The summed E-state index contributed by atoms with van der Waals surface area (Å²) in [6, 6.07) is 7.77. The van der Waals surface area contributed by atoms with Crippen LogP contribution in [-0.4, -0.2) is 20.5 Å². The molecule has 0 atom stereocenters. The number of carbonyl (C=O) groups is 1. The van der Waals surface area contributed by atoms with Crippen LogP contribution in [0.5, 0.6) is 0 Å². The van der Waals surface area contributed by atoms with Crippen molar-refractivity contribution in [3.05, 3.63) is 77.6 Å². The lowest BCUT2D eigenvalue weighted by molar-refractivity contribution is -0.137. The van der Waals surface area contributed by atoms with E-state index < -0.39 is 23.3 Å². The van der Waals surface area contributed by atoms with E-state index in [-0.39, 0.29) is 16.8 Å². The van der Waals surface area contributed by atoms with E-state index in [1.165, 1.54) is 35.4 Å². The Hall–Kier alpha value is -3.03. The zero-order valence-corrected chi connectivity index (χ0v) is 12.0. The maximum atomic E-state index is 13.9. The molecule has 0 aliphatic heterocycles. The maximum absolute atomic E-state index is 13.9. The molecule has 24 heavy (non-hydrogen) atoms. The Labute approximate surface area is 133 Å². The van der Waals surface area contributed by atoms with Gasteiger partial charge in [-0.3, -0.25) is 9.36 Å². The third-order valence-electron chi connectivity index (χ3n) is 3.38. The highest BCUT2D eigenvalue weighted by atomic mass is 19.4. The molecule has 0 spiro atoms. The third kappa shape index (κ3) is 2.90. The summed E-state index contributed by atoms with van der Waals surface area (Å²) in [4.78, 5) is 12.6. The smallest absolute Gasteiger partial charge is 0.288 e. The van der Waals surface area contributed by atoms with Gasteiger partial charge in [0.25, 0.3) is 0 Å². The number of alkyl halides is 3. The largest absolute Gasteiger partial charge is 0.416 e. The second-order valence-corrected chi connectivity index (χ2v) is 4.91. The van der Waals surface area contributed by atoms with Crippen molar-refractivity contribution in [3.8, 4) is 5.69 Å². The second-order valence-electron chi connectivity index (χ2n) is 4.91. The van der Waals surface area contributed by atoms with Gasteiger partial charge in [0.15, 0.2) is 5.78 Å². The van der Waals surface area contributed by atoms with Gasteiger partial charge in [0, 0.05) is 5.56 Å². The van der Waals surface area contributed by atoms with E-state index in [1.54, 1.807) is 0 Å². The lowest BCUT2D eigenvalue weighted by atomic mass is 9.98. The van der Waals surface area contributed by atoms with Crippen molar-refractivity contribution < 1.29 is 22.4 Å². The van der Waals surface area contributed by atoms with Gasteiger partial charge in [-0.2, -0.15) is 13.2 Å². The normalized spacial score (nSPS) is 11.5. The number of hydrogen-bond donors (Lipinski definition) is 0. The minimum absolute atomic E-state index is 0.126. The minimum Gasteiger partial charge on any atom is -0.288 e. The first-order valence-electron chi connectivity index (χ1n) is 6.73. The zero-order chi connectivity index (χ0) is 17.3. The molecule has 1 heterocycles. The quantitative estimate of drug-likeness (QED) is 0.542. The molecule has 0 aliphatic rings. The Kier molecular flexibility index (Phi) is 3.88. The summed E-state index contributed by atoms with van der Waals surface area (Å²) in [6.45, 7) is 0. The summed E-state index contributed by atoms with van der Waals surface area (Å²) in [5.74, 6) is -1.67. The predicted molar refractivity (Wildman–Crippen MR) is 76.2 cm³/mol. The fourth-order valence-corrected chi connectivity index (χ4v) is 2.23. The molecular formula is C16H9F4N3O. The number of aromatic nitrogens is 3. The first kappa shape index (κ1) is 15.9. The molecule has 0 unspecified atom stereocenters. The summed E-state index contributed by atoms with van der Waals surface area (Å²) >= 11 is 0. The molecule has 0 aliphatic carbocycles. The molecule has 0 saturated heterocycles. The van der Waals surface area contributed by atoms with Crippen molar-refractivity contribution >= 4 is 5.78 Å². The van der Waals surface area contributed by atoms with E-state index in [4.69, 9.17) is 0 Å². The van der Waals surface area contributed by atoms with Gasteiger partial charge < -0.3 is 0 Å². The highest BCUT2D eigenvalue weighted by Crippen LogP contribution is 2.32. The molecule has 0 amide bonds. The van der Waals surface area contributed by atoms with Gasteiger partial charge in [0.2, 0.25) is 0 Å². The molecule has 122 valence electrons. The number of halogens is 4. The van der Waals surface area contributed by atoms with E-state index in [0.717, 1.165) is 18.2 Å². The summed E-state index contributed by atoms with van der Waals surface area (Å²) < 4.78 is 54.1. The van der Waals surface area contributed by atoms with Crippen molar-refractivity contribution in [2.75, 3.05) is 0 Å². The lowest BCUT2D eigenvalue weighted by Crippen LogP contribution is -2.12. The molecule has 8 heteroatoms. The van der Waals surface area contributed by atoms with Crippen LogP contribution in [0.1, 0.15) is 21.5 Å². The van der Waals surface area contributed by atoms with Gasteiger partial charge in [-0.05, 0) is 30.3 Å². The van der Waals surface area contributed by atoms with Gasteiger partial charge in [-0.1, -0.05) is 12.1 Å². The molecule has 0 N–H and O–H groups in total. The van der Waals surface area contributed by atoms with E-state index in [0.29, 0.717) is 6.07 Å². The highest BCUT2D eigenvalue weighted by Gasteiger charge is 2.32. The molecule has 1 aromatic heterocycles. The van der Waals surface area contributed by atoms with Crippen molar-refractivity contribution in [1.82, 2.24) is 14.8 Å². The number of rotatable bonds is 3. The summed E-state index contributed by atoms with van der Waals surface area (Å²) in [5, 5.41) is 7.13. The average Bonchev–Trinajstić information content (AvgIpc) is 3.07. The van der Waals surface area contributed by atoms with Crippen LogP contribution in [0.15, 0.2) is 55.1 Å². The predicted octanol–water partition coefficient (Wildman–Crippen LogP) is 3.66. The van der Waals surface area contributed by atoms with Gasteiger partial charge in [-0.25, -0.2) is 4.39 Å². The van der Waals surface area contributed by atoms with Crippen molar-refractivity contribution in [2.45, 2.75) is 6.18 Å². The number of benzene rings is 2. The molecular weight excluding hydrogens is 326 g/mol. The standard InChI is InChI=1S/C16H9F4N3O/c17-13-4-2-1-3-11(13)15(24)12-7-10(16(18,19)20)5-6-14(12)23-8-21-22-9-23/h1-9H. The number of ketones is 1. The number of nitrogens with zero attached hydrogens (tertiary/aromatic N) is 3. The van der Waals surface area contributed by atoms with E-state index >= 15 is 0 Å². The van der Waals surface area contributed by atoms with Gasteiger partial charge >= 0.3 is 6.18 Å². The molecule has 0 radical (unpaired) electrons. The summed E-state index contributed by atoms with van der Waals surface area (Å²) in [6.07, 6.45) is -2.16. The Bertz CT molecular complexity index is 889. The molecule has 0 fully saturated rings. The first-order valence-corrected chi connectivity index (χ1v) is 6.73. The summed E-state index contributed by atoms with van der Waals surface area (Å²) in [5.41, 5.74) is -1.49. The first-order chi connectivity index (χ1) is 11.4. The average molecular weight is 335 g/mol. The zero-order valence-electron chi connectivity index (χ0n) is 12.0. The third-order valence-corrected chi connectivity index (χ3v) is 3.38. The summed E-state index contributed by atoms with van der Waals surface area (Å²) in [7, 11) is 0. The maximum Gasteiger partial charge on any atom is 0.416 e. The molecule has 3 aromatic rings. The van der Waals surface area contributed by atoms with Crippen LogP contribution < -0.4 is 0 Å². The molecule has 3 rings (SSSR count). The van der Waals surface area contributed by atoms with Gasteiger partial charge in [-0.15, -0.1) is 10.2 Å². The van der Waals surface area contributed by atoms with Crippen molar-refractivity contribution in [3.63, 3.8) is 0 Å². The monoisotopic (exact) mass is 335 g/mol. The minimum atomic E-state index is -4.63. The fourth-order valence-electron chi connectivity index (χ4n) is 2.23. The van der Waals surface area contributed by atoms with Crippen LogP contribution in [0.2, 0.25) is 0 Å². The molecule has 0 saturated carbocycles. The van der Waals surface area contributed by atoms with Crippen molar-refractivity contribution in [1.29, 1.82) is 0 Å². The topological polar surface area (TPSA) is 47.8 Å². The second kappa shape index (κ2) is 5.88. The van der Waals surface area contributed by atoms with Crippen LogP contribution in [0.25, 0.3) is 5.69 Å². The van der Waals surface area contributed by atoms with Gasteiger partial charge in [0.1, 0.15) is 18.5 Å². The Morgan fingerprint density at radius 1 is 0.958 bits per heavy atom. The number of carbonyl (C=O) groups excluding carboxylic acids is 1. The highest BCUT2D eigenvalue weighted by molar-refractivity contribution is 6.11. The SMILES string of the molecule is O=C(c1ccccc1F)c1cc(C(F)(F)F)ccc1-n1cnnc1. The Balaban J connectivity index is 2.20. The van der Waals surface area contributed by atoms with Crippen molar-refractivity contribution in [2.24, 2.45) is 0 Å². The van der Waals surface area contributed by atoms with Crippen LogP contribution in [0, 0.1) is 5.82 Å².